The van der Waals surface area contributed by atoms with Gasteiger partial charge < -0.3 is 20.1 Å². The number of nitrogens with one attached hydrogen (secondary N) is 2. The first-order valence-corrected chi connectivity index (χ1v) is 9.38. The highest BCUT2D eigenvalue weighted by molar-refractivity contribution is 5.69. The summed E-state index contributed by atoms with van der Waals surface area (Å²) in [6.07, 6.45) is 0. The van der Waals surface area contributed by atoms with Crippen LogP contribution in [0.5, 0.6) is 11.5 Å². The van der Waals surface area contributed by atoms with Crippen LogP contribution in [-0.2, 0) is 0 Å². The molecule has 1 aromatic heterocycles. The summed E-state index contributed by atoms with van der Waals surface area (Å²) in [5.74, 6) is 4.06. The van der Waals surface area contributed by atoms with E-state index in [0.29, 0.717) is 17.6 Å². The minimum atomic E-state index is 0.258. The molecule has 0 atom stereocenters. The second-order valence-electron chi connectivity index (χ2n) is 7.20. The maximum absolute atomic E-state index is 5.44. The number of aryl methyl sites for hydroxylation is 2. The van der Waals surface area contributed by atoms with Gasteiger partial charge in [-0.15, -0.1) is 0 Å². The van der Waals surface area contributed by atoms with Crippen molar-refractivity contribution in [2.75, 3.05) is 17.4 Å². The van der Waals surface area contributed by atoms with Gasteiger partial charge in [0.2, 0.25) is 6.79 Å². The minimum absolute atomic E-state index is 0.258. The molecule has 0 unspecified atom stereocenters. The summed E-state index contributed by atoms with van der Waals surface area (Å²) in [6, 6.07) is 14.0. The molecule has 28 heavy (non-hydrogen) atoms. The smallest absolute Gasteiger partial charge is 0.231 e. The Bertz CT molecular complexity index is 1020. The fraction of sp³-hybridized carbons (Fsp3) is 0.273. The zero-order chi connectivity index (χ0) is 19.7. The van der Waals surface area contributed by atoms with Gasteiger partial charge in [0, 0.05) is 23.5 Å². The van der Waals surface area contributed by atoms with Gasteiger partial charge in [0.1, 0.15) is 17.5 Å². The number of anilines is 4. The number of benzene rings is 2. The molecule has 0 radical (unpaired) electrons. The van der Waals surface area contributed by atoms with E-state index < -0.39 is 0 Å². The SMILES string of the molecule is Cc1nc(Nc2ccc3c(c2)OCO3)cc(Nc2c(C)cccc2C(C)C)n1. The number of aromatic nitrogens is 2. The van der Waals surface area contributed by atoms with Crippen LogP contribution in [0.15, 0.2) is 42.5 Å². The predicted octanol–water partition coefficient (Wildman–Crippen LogP) is 5.43. The monoisotopic (exact) mass is 376 g/mol. The second-order valence-corrected chi connectivity index (χ2v) is 7.20. The summed E-state index contributed by atoms with van der Waals surface area (Å²) in [7, 11) is 0. The average Bonchev–Trinajstić information content (AvgIpc) is 3.10. The van der Waals surface area contributed by atoms with E-state index in [1.54, 1.807) is 0 Å². The van der Waals surface area contributed by atoms with Crippen molar-refractivity contribution in [2.24, 2.45) is 0 Å². The van der Waals surface area contributed by atoms with Gasteiger partial charge in [-0.05, 0) is 43.0 Å². The van der Waals surface area contributed by atoms with E-state index in [1.807, 2.05) is 31.2 Å². The van der Waals surface area contributed by atoms with Gasteiger partial charge in [-0.1, -0.05) is 32.0 Å². The lowest BCUT2D eigenvalue weighted by Gasteiger charge is -2.17. The van der Waals surface area contributed by atoms with Crippen LogP contribution in [-0.4, -0.2) is 16.8 Å². The quantitative estimate of drug-likeness (QED) is 0.619. The number of nitrogens with zero attached hydrogens (tertiary/aromatic N) is 2. The van der Waals surface area contributed by atoms with Gasteiger partial charge in [0.05, 0.1) is 0 Å². The summed E-state index contributed by atoms with van der Waals surface area (Å²) in [4.78, 5) is 9.07. The molecule has 0 aliphatic carbocycles. The minimum Gasteiger partial charge on any atom is -0.454 e. The van der Waals surface area contributed by atoms with E-state index in [9.17, 15) is 0 Å². The van der Waals surface area contributed by atoms with Crippen molar-refractivity contribution < 1.29 is 9.47 Å². The summed E-state index contributed by atoms with van der Waals surface area (Å²) < 4.78 is 10.8. The lowest BCUT2D eigenvalue weighted by Crippen LogP contribution is -2.05. The first kappa shape index (κ1) is 18.1. The molecular formula is C22H24N4O2. The van der Waals surface area contributed by atoms with Crippen LogP contribution >= 0.6 is 0 Å². The largest absolute Gasteiger partial charge is 0.454 e. The molecule has 0 amide bonds. The first-order chi connectivity index (χ1) is 13.5. The lowest BCUT2D eigenvalue weighted by atomic mass is 9.98. The number of hydrogen-bond acceptors (Lipinski definition) is 6. The third-order valence-electron chi connectivity index (χ3n) is 4.66. The molecule has 0 saturated heterocycles. The van der Waals surface area contributed by atoms with E-state index in [1.165, 1.54) is 11.1 Å². The molecule has 6 nitrogen and oxygen atoms in total. The van der Waals surface area contributed by atoms with Crippen LogP contribution in [0.1, 0.15) is 36.7 Å². The second kappa shape index (κ2) is 7.38. The van der Waals surface area contributed by atoms with Crippen molar-refractivity contribution in [3.8, 4) is 11.5 Å². The lowest BCUT2D eigenvalue weighted by molar-refractivity contribution is 0.174. The van der Waals surface area contributed by atoms with Gasteiger partial charge in [0.15, 0.2) is 11.5 Å². The Hall–Kier alpha value is -3.28. The molecule has 1 aliphatic heterocycles. The molecule has 3 aromatic rings. The molecule has 2 aromatic carbocycles. The third kappa shape index (κ3) is 3.71. The molecule has 0 saturated carbocycles. The zero-order valence-corrected chi connectivity index (χ0v) is 16.5. The van der Waals surface area contributed by atoms with Crippen LogP contribution in [0.3, 0.4) is 0 Å². The predicted molar refractivity (Wildman–Crippen MR) is 111 cm³/mol. The topological polar surface area (TPSA) is 68.3 Å². The Morgan fingerprint density at radius 1 is 0.893 bits per heavy atom. The Labute approximate surface area is 164 Å². The van der Waals surface area contributed by atoms with Crippen LogP contribution in [0.25, 0.3) is 0 Å². The Balaban J connectivity index is 1.62. The molecule has 1 aliphatic rings. The van der Waals surface area contributed by atoms with Crippen molar-refractivity contribution in [3.63, 3.8) is 0 Å². The third-order valence-corrected chi connectivity index (χ3v) is 4.66. The highest BCUT2D eigenvalue weighted by Gasteiger charge is 2.14. The van der Waals surface area contributed by atoms with Crippen molar-refractivity contribution in [1.82, 2.24) is 9.97 Å². The molecule has 0 bridgehead atoms. The molecule has 2 N–H and O–H groups in total. The molecule has 6 heteroatoms. The Morgan fingerprint density at radius 3 is 2.43 bits per heavy atom. The normalized spacial score (nSPS) is 12.3. The van der Waals surface area contributed by atoms with E-state index in [4.69, 9.17) is 9.47 Å². The summed E-state index contributed by atoms with van der Waals surface area (Å²) in [5, 5.41) is 6.82. The van der Waals surface area contributed by atoms with E-state index in [2.05, 4.69) is 59.6 Å². The summed E-state index contributed by atoms with van der Waals surface area (Å²) in [5.41, 5.74) is 4.44. The maximum Gasteiger partial charge on any atom is 0.231 e. The van der Waals surface area contributed by atoms with Crippen LogP contribution in [0, 0.1) is 13.8 Å². The zero-order valence-electron chi connectivity index (χ0n) is 16.5. The van der Waals surface area contributed by atoms with Crippen molar-refractivity contribution in [2.45, 2.75) is 33.6 Å². The molecular weight excluding hydrogens is 352 g/mol. The van der Waals surface area contributed by atoms with Crippen LogP contribution in [0.2, 0.25) is 0 Å². The number of rotatable bonds is 5. The van der Waals surface area contributed by atoms with E-state index in [-0.39, 0.29) is 6.79 Å². The number of para-hydroxylation sites is 1. The maximum atomic E-state index is 5.44. The van der Waals surface area contributed by atoms with Gasteiger partial charge in [-0.2, -0.15) is 0 Å². The number of ether oxygens (including phenoxy) is 2. The first-order valence-electron chi connectivity index (χ1n) is 9.38. The molecule has 2 heterocycles. The Kier molecular flexibility index (Phi) is 4.77. The van der Waals surface area contributed by atoms with E-state index >= 15 is 0 Å². The van der Waals surface area contributed by atoms with Crippen LogP contribution < -0.4 is 20.1 Å². The van der Waals surface area contributed by atoms with Crippen LogP contribution in [0.4, 0.5) is 23.0 Å². The van der Waals surface area contributed by atoms with Gasteiger partial charge >= 0.3 is 0 Å². The highest BCUT2D eigenvalue weighted by Crippen LogP contribution is 2.35. The standard InChI is InChI=1S/C22H24N4O2/c1-13(2)17-7-5-6-14(3)22(17)26-21-11-20(23-15(4)24-21)25-16-8-9-18-19(10-16)28-12-27-18/h5-11,13H,12H2,1-4H3,(H2,23,24,25,26). The molecule has 4 rings (SSSR count). The van der Waals surface area contributed by atoms with Gasteiger partial charge in [-0.25, -0.2) is 9.97 Å². The fourth-order valence-corrected chi connectivity index (χ4v) is 3.29. The molecule has 144 valence electrons. The van der Waals surface area contributed by atoms with Gasteiger partial charge in [-0.3, -0.25) is 0 Å². The number of hydrogen-bond donors (Lipinski definition) is 2. The van der Waals surface area contributed by atoms with Crippen molar-refractivity contribution in [3.05, 3.63) is 59.4 Å². The molecule has 0 spiro atoms. The summed E-state index contributed by atoms with van der Waals surface area (Å²) in [6.45, 7) is 8.63. The van der Waals surface area contributed by atoms with Crippen molar-refractivity contribution >= 4 is 23.0 Å². The fourth-order valence-electron chi connectivity index (χ4n) is 3.29. The van der Waals surface area contributed by atoms with Gasteiger partial charge in [0.25, 0.3) is 0 Å². The number of fused-ring (bicyclic) bond motifs is 1. The van der Waals surface area contributed by atoms with E-state index in [0.717, 1.165) is 28.7 Å². The highest BCUT2D eigenvalue weighted by atomic mass is 16.7. The average molecular weight is 376 g/mol. The molecule has 0 fully saturated rings. The summed E-state index contributed by atoms with van der Waals surface area (Å²) >= 11 is 0. The van der Waals surface area contributed by atoms with Crippen molar-refractivity contribution in [1.29, 1.82) is 0 Å². The Morgan fingerprint density at radius 2 is 1.64 bits per heavy atom.